The quantitative estimate of drug-likeness (QED) is 0.694. The van der Waals surface area contributed by atoms with E-state index in [0.717, 1.165) is 11.5 Å². The van der Waals surface area contributed by atoms with Crippen LogP contribution in [0.5, 0.6) is 0 Å². The normalized spacial score (nSPS) is 11.3. The van der Waals surface area contributed by atoms with Crippen LogP contribution in [0.25, 0.3) is 0 Å². The Morgan fingerprint density at radius 2 is 2.18 bits per heavy atom. The minimum absolute atomic E-state index is 0.464. The predicted octanol–water partition coefficient (Wildman–Crippen LogP) is 0.231. The Labute approximate surface area is 101 Å². The number of carboxylic acid groups (broad SMARTS) is 1. The van der Waals surface area contributed by atoms with Crippen molar-refractivity contribution < 1.29 is 9.90 Å². The minimum atomic E-state index is -0.955. The van der Waals surface area contributed by atoms with E-state index in [2.05, 4.69) is 9.97 Å². The standard InChI is InChI=1S/C6H8N2.C5H12N2O2/c1-5-3-4-7-6(2)8-5;6-3-1-2-4(7)5(8)9/h3-4H,1-2H3;4H,1-3,6-7H2,(H,8,9). The van der Waals surface area contributed by atoms with Crippen LogP contribution < -0.4 is 11.5 Å². The molecule has 0 aliphatic heterocycles. The molecule has 1 atom stereocenters. The first-order chi connectivity index (χ1) is 7.97. The zero-order valence-corrected chi connectivity index (χ0v) is 10.3. The van der Waals surface area contributed by atoms with Gasteiger partial charge in [-0.2, -0.15) is 0 Å². The maximum absolute atomic E-state index is 10.0. The van der Waals surface area contributed by atoms with Crippen LogP contribution in [-0.4, -0.2) is 33.6 Å². The van der Waals surface area contributed by atoms with Crippen molar-refractivity contribution in [2.45, 2.75) is 32.7 Å². The molecule has 6 heteroatoms. The molecule has 5 N–H and O–H groups in total. The second-order valence-corrected chi connectivity index (χ2v) is 3.62. The van der Waals surface area contributed by atoms with Gasteiger partial charge in [0, 0.05) is 11.9 Å². The van der Waals surface area contributed by atoms with Crippen molar-refractivity contribution in [3.05, 3.63) is 23.8 Å². The lowest BCUT2D eigenvalue weighted by Gasteiger charge is -2.02. The fourth-order valence-corrected chi connectivity index (χ4v) is 1.04. The summed E-state index contributed by atoms with van der Waals surface area (Å²) in [6.45, 7) is 4.34. The van der Waals surface area contributed by atoms with E-state index < -0.39 is 12.0 Å². The number of aliphatic carboxylic acids is 1. The Bertz CT molecular complexity index is 327. The molecule has 1 rings (SSSR count). The summed E-state index contributed by atoms with van der Waals surface area (Å²) in [4.78, 5) is 18.0. The number of aromatic nitrogens is 2. The molecule has 0 amide bonds. The summed E-state index contributed by atoms with van der Waals surface area (Å²) in [7, 11) is 0. The van der Waals surface area contributed by atoms with Crippen LogP contribution in [0.2, 0.25) is 0 Å². The van der Waals surface area contributed by atoms with Gasteiger partial charge < -0.3 is 16.6 Å². The van der Waals surface area contributed by atoms with Crippen LogP contribution >= 0.6 is 0 Å². The van der Waals surface area contributed by atoms with Crippen LogP contribution in [0.3, 0.4) is 0 Å². The number of hydrogen-bond acceptors (Lipinski definition) is 5. The van der Waals surface area contributed by atoms with E-state index in [-0.39, 0.29) is 0 Å². The number of rotatable bonds is 4. The van der Waals surface area contributed by atoms with Crippen molar-refractivity contribution in [3.63, 3.8) is 0 Å². The van der Waals surface area contributed by atoms with Gasteiger partial charge in [0.15, 0.2) is 0 Å². The molecule has 0 radical (unpaired) electrons. The number of carbonyl (C=O) groups is 1. The summed E-state index contributed by atoms with van der Waals surface area (Å²) in [5.74, 6) is -0.117. The first-order valence-electron chi connectivity index (χ1n) is 5.42. The van der Waals surface area contributed by atoms with E-state index in [1.165, 1.54) is 0 Å². The van der Waals surface area contributed by atoms with Gasteiger partial charge in [0.1, 0.15) is 11.9 Å². The Hall–Kier alpha value is -1.53. The molecule has 1 aromatic rings. The van der Waals surface area contributed by atoms with Gasteiger partial charge in [0.05, 0.1) is 0 Å². The monoisotopic (exact) mass is 240 g/mol. The summed E-state index contributed by atoms with van der Waals surface area (Å²) < 4.78 is 0. The first-order valence-corrected chi connectivity index (χ1v) is 5.42. The Morgan fingerprint density at radius 1 is 1.53 bits per heavy atom. The van der Waals surface area contributed by atoms with Crippen molar-refractivity contribution in [3.8, 4) is 0 Å². The van der Waals surface area contributed by atoms with Gasteiger partial charge in [0.2, 0.25) is 0 Å². The molecular formula is C11H20N4O2. The highest BCUT2D eigenvalue weighted by atomic mass is 16.4. The molecule has 6 nitrogen and oxygen atoms in total. The maximum Gasteiger partial charge on any atom is 0.320 e. The Morgan fingerprint density at radius 3 is 2.53 bits per heavy atom. The number of nitrogens with zero attached hydrogens (tertiary/aromatic N) is 2. The average molecular weight is 240 g/mol. The first kappa shape index (κ1) is 15.5. The molecule has 0 fully saturated rings. The molecule has 0 aromatic carbocycles. The van der Waals surface area contributed by atoms with Gasteiger partial charge in [0.25, 0.3) is 0 Å². The lowest BCUT2D eigenvalue weighted by atomic mass is 10.2. The third-order valence-electron chi connectivity index (χ3n) is 1.95. The van der Waals surface area contributed by atoms with Crippen molar-refractivity contribution in [1.29, 1.82) is 0 Å². The molecule has 0 saturated carbocycles. The van der Waals surface area contributed by atoms with E-state index >= 15 is 0 Å². The molecule has 1 aromatic heterocycles. The SMILES string of the molecule is Cc1ccnc(C)n1.NCCCC(N)C(=O)O. The summed E-state index contributed by atoms with van der Waals surface area (Å²) >= 11 is 0. The van der Waals surface area contributed by atoms with Crippen LogP contribution in [0.1, 0.15) is 24.4 Å². The number of carboxylic acids is 1. The van der Waals surface area contributed by atoms with Gasteiger partial charge in [-0.25, -0.2) is 9.97 Å². The molecule has 1 heterocycles. The average Bonchev–Trinajstić information content (AvgIpc) is 2.26. The third-order valence-corrected chi connectivity index (χ3v) is 1.95. The fourth-order valence-electron chi connectivity index (χ4n) is 1.04. The highest BCUT2D eigenvalue weighted by molar-refractivity contribution is 5.72. The summed E-state index contributed by atoms with van der Waals surface area (Å²) in [6, 6.07) is 1.14. The molecule has 0 aliphatic rings. The van der Waals surface area contributed by atoms with E-state index in [0.29, 0.717) is 19.4 Å². The lowest BCUT2D eigenvalue weighted by molar-refractivity contribution is -0.138. The summed E-state index contributed by atoms with van der Waals surface area (Å²) in [6.07, 6.45) is 2.90. The van der Waals surface area contributed by atoms with Crippen LogP contribution in [-0.2, 0) is 4.79 Å². The van der Waals surface area contributed by atoms with Gasteiger partial charge in [-0.05, 0) is 39.3 Å². The van der Waals surface area contributed by atoms with Crippen molar-refractivity contribution in [2.24, 2.45) is 11.5 Å². The molecule has 96 valence electrons. The highest BCUT2D eigenvalue weighted by Crippen LogP contribution is 1.91. The number of hydrogen-bond donors (Lipinski definition) is 3. The molecule has 0 bridgehead atoms. The van der Waals surface area contributed by atoms with Gasteiger partial charge >= 0.3 is 5.97 Å². The molecule has 0 spiro atoms. The molecule has 0 saturated heterocycles. The number of aryl methyl sites for hydroxylation is 2. The second kappa shape index (κ2) is 8.60. The van der Waals surface area contributed by atoms with Gasteiger partial charge in [-0.1, -0.05) is 0 Å². The Balaban J connectivity index is 0.000000302. The highest BCUT2D eigenvalue weighted by Gasteiger charge is 2.08. The van der Waals surface area contributed by atoms with E-state index in [1.807, 2.05) is 19.9 Å². The largest absolute Gasteiger partial charge is 0.480 e. The fraction of sp³-hybridized carbons (Fsp3) is 0.545. The molecule has 1 unspecified atom stereocenters. The van der Waals surface area contributed by atoms with E-state index in [9.17, 15) is 4.79 Å². The van der Waals surface area contributed by atoms with Crippen LogP contribution in [0.4, 0.5) is 0 Å². The molecular weight excluding hydrogens is 220 g/mol. The zero-order chi connectivity index (χ0) is 13.3. The van der Waals surface area contributed by atoms with E-state index in [1.54, 1.807) is 6.20 Å². The minimum Gasteiger partial charge on any atom is -0.480 e. The summed E-state index contributed by atoms with van der Waals surface area (Å²) in [5, 5.41) is 8.24. The van der Waals surface area contributed by atoms with Crippen LogP contribution in [0.15, 0.2) is 12.3 Å². The van der Waals surface area contributed by atoms with Gasteiger partial charge in [-0.3, -0.25) is 4.79 Å². The maximum atomic E-state index is 10.0. The van der Waals surface area contributed by atoms with Crippen molar-refractivity contribution in [2.75, 3.05) is 6.54 Å². The van der Waals surface area contributed by atoms with Crippen LogP contribution in [0, 0.1) is 13.8 Å². The van der Waals surface area contributed by atoms with Crippen molar-refractivity contribution in [1.82, 2.24) is 9.97 Å². The number of nitrogens with two attached hydrogens (primary N) is 2. The third kappa shape index (κ3) is 8.29. The molecule has 17 heavy (non-hydrogen) atoms. The Kier molecular flexibility index (Phi) is 7.83. The second-order valence-electron chi connectivity index (χ2n) is 3.62. The van der Waals surface area contributed by atoms with Crippen molar-refractivity contribution >= 4 is 5.97 Å². The molecule has 0 aliphatic carbocycles. The predicted molar refractivity (Wildman–Crippen MR) is 65.4 cm³/mol. The lowest BCUT2D eigenvalue weighted by Crippen LogP contribution is -2.30. The topological polar surface area (TPSA) is 115 Å². The van der Waals surface area contributed by atoms with Gasteiger partial charge in [-0.15, -0.1) is 0 Å². The summed E-state index contributed by atoms with van der Waals surface area (Å²) in [5.41, 5.74) is 11.3. The smallest absolute Gasteiger partial charge is 0.320 e. The van der Waals surface area contributed by atoms with E-state index in [4.69, 9.17) is 16.6 Å². The zero-order valence-electron chi connectivity index (χ0n) is 10.3.